The molecule has 0 fully saturated rings. The minimum absolute atomic E-state index is 0.0553. The van der Waals surface area contributed by atoms with E-state index in [-0.39, 0.29) is 5.91 Å². The van der Waals surface area contributed by atoms with E-state index in [0.717, 1.165) is 36.3 Å². The molecule has 28 heavy (non-hydrogen) atoms. The Labute approximate surface area is 167 Å². The average molecular weight is 376 g/mol. The van der Waals surface area contributed by atoms with Gasteiger partial charge in [0.15, 0.2) is 0 Å². The van der Waals surface area contributed by atoms with Gasteiger partial charge in [-0.25, -0.2) is 4.98 Å². The van der Waals surface area contributed by atoms with Crippen molar-refractivity contribution in [1.82, 2.24) is 14.9 Å². The van der Waals surface area contributed by atoms with Gasteiger partial charge in [-0.3, -0.25) is 4.79 Å². The summed E-state index contributed by atoms with van der Waals surface area (Å²) in [5, 5.41) is 2.97. The molecule has 1 amide bonds. The summed E-state index contributed by atoms with van der Waals surface area (Å²) in [7, 11) is 0. The first kappa shape index (κ1) is 19.9. The molecular weight excluding hydrogens is 346 g/mol. The fraction of sp³-hybridized carbons (Fsp3) is 0.333. The molecule has 1 N–H and O–H groups in total. The number of fused-ring (bicyclic) bond motifs is 1. The van der Waals surface area contributed by atoms with Gasteiger partial charge in [0.1, 0.15) is 5.82 Å². The molecule has 3 rings (SSSR count). The number of imidazole rings is 1. The van der Waals surface area contributed by atoms with Gasteiger partial charge in [-0.15, -0.1) is 0 Å². The van der Waals surface area contributed by atoms with Crippen LogP contribution in [0.4, 0.5) is 0 Å². The van der Waals surface area contributed by atoms with Crippen molar-refractivity contribution >= 4 is 23.0 Å². The first-order valence-corrected chi connectivity index (χ1v) is 10.2. The summed E-state index contributed by atoms with van der Waals surface area (Å²) in [6, 6.07) is 18.2. The lowest BCUT2D eigenvalue weighted by molar-refractivity contribution is -0.116. The van der Waals surface area contributed by atoms with Crippen molar-refractivity contribution in [2.24, 2.45) is 0 Å². The quantitative estimate of drug-likeness (QED) is 0.401. The maximum atomic E-state index is 12.0. The van der Waals surface area contributed by atoms with Gasteiger partial charge < -0.3 is 9.88 Å². The fourth-order valence-electron chi connectivity index (χ4n) is 3.34. The molecule has 0 unspecified atom stereocenters. The van der Waals surface area contributed by atoms with E-state index < -0.39 is 0 Å². The smallest absolute Gasteiger partial charge is 0.243 e. The van der Waals surface area contributed by atoms with E-state index >= 15 is 0 Å². The summed E-state index contributed by atoms with van der Waals surface area (Å²) in [5.41, 5.74) is 3.30. The molecule has 0 spiro atoms. The first-order chi connectivity index (χ1) is 13.8. The SMILES string of the molecule is CCCCCn1c(CCCNC(=O)/C=C/c2ccccc2)nc2ccccc21. The third-order valence-corrected chi connectivity index (χ3v) is 4.82. The lowest BCUT2D eigenvalue weighted by atomic mass is 10.2. The summed E-state index contributed by atoms with van der Waals surface area (Å²) in [4.78, 5) is 16.8. The second-order valence-corrected chi connectivity index (χ2v) is 7.01. The van der Waals surface area contributed by atoms with Crippen LogP contribution >= 0.6 is 0 Å². The monoisotopic (exact) mass is 375 g/mol. The molecule has 0 aliphatic heterocycles. The van der Waals surface area contributed by atoms with Crippen LogP contribution in [0.5, 0.6) is 0 Å². The molecule has 4 nitrogen and oxygen atoms in total. The van der Waals surface area contributed by atoms with Crippen molar-refractivity contribution in [2.75, 3.05) is 6.54 Å². The minimum Gasteiger partial charge on any atom is -0.353 e. The molecule has 4 heteroatoms. The zero-order valence-corrected chi connectivity index (χ0v) is 16.6. The predicted molar refractivity (Wildman–Crippen MR) is 116 cm³/mol. The van der Waals surface area contributed by atoms with Crippen LogP contribution in [0, 0.1) is 0 Å². The van der Waals surface area contributed by atoms with E-state index in [1.165, 1.54) is 24.8 Å². The predicted octanol–water partition coefficient (Wildman–Crippen LogP) is 4.99. The maximum Gasteiger partial charge on any atom is 0.243 e. The van der Waals surface area contributed by atoms with Crippen molar-refractivity contribution in [1.29, 1.82) is 0 Å². The number of aryl methyl sites for hydroxylation is 2. The molecule has 0 aliphatic rings. The van der Waals surface area contributed by atoms with Gasteiger partial charge in [-0.05, 0) is 36.6 Å². The summed E-state index contributed by atoms with van der Waals surface area (Å²) in [6.07, 6.45) is 8.79. The fourth-order valence-corrected chi connectivity index (χ4v) is 3.34. The molecule has 0 bridgehead atoms. The van der Waals surface area contributed by atoms with E-state index in [0.29, 0.717) is 6.54 Å². The Morgan fingerprint density at radius 2 is 1.82 bits per heavy atom. The van der Waals surface area contributed by atoms with Gasteiger partial charge in [-0.1, -0.05) is 62.2 Å². The molecule has 0 radical (unpaired) electrons. The largest absolute Gasteiger partial charge is 0.353 e. The number of carbonyl (C=O) groups excluding carboxylic acids is 1. The Morgan fingerprint density at radius 1 is 1.04 bits per heavy atom. The lowest BCUT2D eigenvalue weighted by Gasteiger charge is -2.09. The van der Waals surface area contributed by atoms with Gasteiger partial charge in [-0.2, -0.15) is 0 Å². The van der Waals surface area contributed by atoms with Crippen molar-refractivity contribution in [2.45, 2.75) is 45.6 Å². The second kappa shape index (κ2) is 10.5. The molecule has 0 saturated heterocycles. The highest BCUT2D eigenvalue weighted by molar-refractivity contribution is 5.91. The molecule has 3 aromatic rings. The number of carbonyl (C=O) groups is 1. The van der Waals surface area contributed by atoms with Crippen LogP contribution in [0.3, 0.4) is 0 Å². The molecule has 0 atom stereocenters. The van der Waals surface area contributed by atoms with Crippen LogP contribution < -0.4 is 5.32 Å². The average Bonchev–Trinajstić information content (AvgIpc) is 3.08. The highest BCUT2D eigenvalue weighted by Gasteiger charge is 2.10. The number of rotatable bonds is 10. The summed E-state index contributed by atoms with van der Waals surface area (Å²) in [5.74, 6) is 1.06. The normalized spacial score (nSPS) is 11.3. The summed E-state index contributed by atoms with van der Waals surface area (Å²) in [6.45, 7) is 3.88. The van der Waals surface area contributed by atoms with Gasteiger partial charge in [0.2, 0.25) is 5.91 Å². The van der Waals surface area contributed by atoms with E-state index in [9.17, 15) is 4.79 Å². The van der Waals surface area contributed by atoms with Crippen LogP contribution in [-0.2, 0) is 17.8 Å². The summed E-state index contributed by atoms with van der Waals surface area (Å²) < 4.78 is 2.35. The van der Waals surface area contributed by atoms with E-state index in [1.54, 1.807) is 6.08 Å². The molecule has 146 valence electrons. The molecule has 1 aromatic heterocycles. The first-order valence-electron chi connectivity index (χ1n) is 10.2. The molecular formula is C24H29N3O. The Bertz CT molecular complexity index is 912. The number of unbranched alkanes of at least 4 members (excludes halogenated alkanes) is 2. The molecule has 0 saturated carbocycles. The van der Waals surface area contributed by atoms with E-state index in [2.05, 4.69) is 35.0 Å². The zero-order chi connectivity index (χ0) is 19.6. The van der Waals surface area contributed by atoms with Crippen molar-refractivity contribution < 1.29 is 4.79 Å². The highest BCUT2D eigenvalue weighted by atomic mass is 16.1. The molecule has 1 heterocycles. The molecule has 2 aromatic carbocycles. The number of nitrogens with one attached hydrogen (secondary N) is 1. The van der Waals surface area contributed by atoms with Crippen molar-refractivity contribution in [3.63, 3.8) is 0 Å². The second-order valence-electron chi connectivity index (χ2n) is 7.01. The molecule has 0 aliphatic carbocycles. The Morgan fingerprint density at radius 3 is 2.64 bits per heavy atom. The third kappa shape index (κ3) is 5.56. The Hall–Kier alpha value is -2.88. The van der Waals surface area contributed by atoms with Crippen LogP contribution in [0.15, 0.2) is 60.7 Å². The van der Waals surface area contributed by atoms with E-state index in [1.807, 2.05) is 42.5 Å². The maximum absolute atomic E-state index is 12.0. The lowest BCUT2D eigenvalue weighted by Crippen LogP contribution is -2.22. The number of hydrogen-bond acceptors (Lipinski definition) is 2. The standard InChI is InChI=1S/C24H29N3O/c1-2-3-9-19-27-22-14-8-7-13-21(22)26-23(27)15-10-18-25-24(28)17-16-20-11-5-4-6-12-20/h4-8,11-14,16-17H,2-3,9-10,15,18-19H2,1H3,(H,25,28)/b17-16+. The Balaban J connectivity index is 1.52. The number of amides is 1. The topological polar surface area (TPSA) is 46.9 Å². The van der Waals surface area contributed by atoms with Crippen molar-refractivity contribution in [3.8, 4) is 0 Å². The summed E-state index contributed by atoms with van der Waals surface area (Å²) >= 11 is 0. The van der Waals surface area contributed by atoms with Gasteiger partial charge in [0.05, 0.1) is 11.0 Å². The van der Waals surface area contributed by atoms with Gasteiger partial charge >= 0.3 is 0 Å². The number of hydrogen-bond donors (Lipinski definition) is 1. The number of para-hydroxylation sites is 2. The number of nitrogens with zero attached hydrogens (tertiary/aromatic N) is 2. The zero-order valence-electron chi connectivity index (χ0n) is 16.6. The van der Waals surface area contributed by atoms with Crippen LogP contribution in [-0.4, -0.2) is 22.0 Å². The van der Waals surface area contributed by atoms with Crippen LogP contribution in [0.25, 0.3) is 17.1 Å². The van der Waals surface area contributed by atoms with Gasteiger partial charge in [0.25, 0.3) is 0 Å². The van der Waals surface area contributed by atoms with Crippen LogP contribution in [0.2, 0.25) is 0 Å². The number of benzene rings is 2. The minimum atomic E-state index is -0.0553. The van der Waals surface area contributed by atoms with Crippen molar-refractivity contribution in [3.05, 3.63) is 72.1 Å². The Kier molecular flexibility index (Phi) is 7.42. The highest BCUT2D eigenvalue weighted by Crippen LogP contribution is 2.18. The number of aromatic nitrogens is 2. The van der Waals surface area contributed by atoms with Gasteiger partial charge in [0, 0.05) is 25.6 Å². The van der Waals surface area contributed by atoms with Crippen LogP contribution in [0.1, 0.15) is 44.0 Å². The third-order valence-electron chi connectivity index (χ3n) is 4.82. The van der Waals surface area contributed by atoms with E-state index in [4.69, 9.17) is 4.98 Å².